The maximum absolute atomic E-state index is 12.5. The summed E-state index contributed by atoms with van der Waals surface area (Å²) < 4.78 is 5.35. The van der Waals surface area contributed by atoms with Gasteiger partial charge in [-0.05, 0) is 43.5 Å². The van der Waals surface area contributed by atoms with Gasteiger partial charge < -0.3 is 15.1 Å². The first-order chi connectivity index (χ1) is 9.15. The highest BCUT2D eigenvalue weighted by Gasteiger charge is 2.25. The number of nitrogens with zero attached hydrogens (tertiary/aromatic N) is 1. The molecular weight excluding hydrogens is 242 g/mol. The molecule has 0 aromatic heterocycles. The van der Waals surface area contributed by atoms with Gasteiger partial charge in [0.1, 0.15) is 0 Å². The molecule has 1 unspecified atom stereocenters. The van der Waals surface area contributed by atoms with E-state index in [-0.39, 0.29) is 12.0 Å². The summed E-state index contributed by atoms with van der Waals surface area (Å²) in [7, 11) is 1.70. The molecule has 104 valence electrons. The zero-order valence-electron chi connectivity index (χ0n) is 11.5. The molecule has 19 heavy (non-hydrogen) atoms. The number of hydrogen-bond donors (Lipinski definition) is 2. The van der Waals surface area contributed by atoms with Crippen LogP contribution in [0.15, 0.2) is 18.2 Å². The number of ether oxygens (including phenoxy) is 1. The number of hydrazine groups is 1. The molecule has 1 aliphatic rings. The predicted octanol–water partition coefficient (Wildman–Crippen LogP) is 1.53. The van der Waals surface area contributed by atoms with Gasteiger partial charge in [-0.1, -0.05) is 0 Å². The molecule has 1 heterocycles. The Balaban J connectivity index is 2.15. The first-order valence-electron chi connectivity index (χ1n) is 6.55. The second-order valence-electron chi connectivity index (χ2n) is 4.93. The highest BCUT2D eigenvalue weighted by Crippen LogP contribution is 2.19. The van der Waals surface area contributed by atoms with E-state index in [0.29, 0.717) is 6.54 Å². The molecule has 1 saturated heterocycles. The lowest BCUT2D eigenvalue weighted by atomic mass is 10.0. The van der Waals surface area contributed by atoms with E-state index in [4.69, 9.17) is 10.6 Å². The summed E-state index contributed by atoms with van der Waals surface area (Å²) in [5, 5.41) is 0. The number of carbonyl (C=O) groups is 1. The molecule has 1 fully saturated rings. The third-order valence-corrected chi connectivity index (χ3v) is 3.62. The average molecular weight is 263 g/mol. The Kier molecular flexibility index (Phi) is 4.39. The molecule has 0 aliphatic carbocycles. The van der Waals surface area contributed by atoms with E-state index in [1.807, 2.05) is 30.0 Å². The zero-order valence-corrected chi connectivity index (χ0v) is 11.5. The van der Waals surface area contributed by atoms with Gasteiger partial charge in [-0.2, -0.15) is 0 Å². The van der Waals surface area contributed by atoms with E-state index in [9.17, 15) is 4.79 Å². The number of nitrogens with two attached hydrogens (primary N) is 1. The van der Waals surface area contributed by atoms with Crippen LogP contribution in [0.3, 0.4) is 0 Å². The molecule has 5 nitrogen and oxygen atoms in total. The minimum Gasteiger partial charge on any atom is -0.380 e. The van der Waals surface area contributed by atoms with Gasteiger partial charge in [0.25, 0.3) is 5.91 Å². The molecule has 0 radical (unpaired) electrons. The Bertz CT molecular complexity index is 462. The van der Waals surface area contributed by atoms with Crippen molar-refractivity contribution >= 4 is 11.6 Å². The molecule has 1 atom stereocenters. The van der Waals surface area contributed by atoms with Crippen molar-refractivity contribution in [1.82, 2.24) is 4.90 Å². The molecule has 5 heteroatoms. The van der Waals surface area contributed by atoms with Crippen molar-refractivity contribution in [3.63, 3.8) is 0 Å². The fraction of sp³-hybridized carbons (Fsp3) is 0.500. The molecule has 3 N–H and O–H groups in total. The van der Waals surface area contributed by atoms with Crippen LogP contribution in [0.1, 0.15) is 28.8 Å². The maximum atomic E-state index is 12.5. The summed E-state index contributed by atoms with van der Waals surface area (Å²) in [6, 6.07) is 5.52. The summed E-state index contributed by atoms with van der Waals surface area (Å²) >= 11 is 0. The number of aryl methyl sites for hydroxylation is 1. The van der Waals surface area contributed by atoms with Crippen LogP contribution in [0.4, 0.5) is 5.69 Å². The van der Waals surface area contributed by atoms with Crippen molar-refractivity contribution in [2.24, 2.45) is 5.84 Å². The van der Waals surface area contributed by atoms with E-state index < -0.39 is 0 Å². The van der Waals surface area contributed by atoms with Crippen LogP contribution >= 0.6 is 0 Å². The van der Waals surface area contributed by atoms with E-state index in [0.717, 1.165) is 36.2 Å². The van der Waals surface area contributed by atoms with Gasteiger partial charge in [0.15, 0.2) is 0 Å². The molecule has 1 aliphatic heterocycles. The largest absolute Gasteiger partial charge is 0.380 e. The van der Waals surface area contributed by atoms with E-state index in [1.165, 1.54) is 0 Å². The number of hydrogen-bond acceptors (Lipinski definition) is 4. The molecule has 1 amide bonds. The van der Waals surface area contributed by atoms with Crippen LogP contribution in [0.2, 0.25) is 0 Å². The number of nitrogen functional groups attached to an aromatic ring is 1. The van der Waals surface area contributed by atoms with Crippen LogP contribution in [0.5, 0.6) is 0 Å². The molecule has 1 aromatic rings. The van der Waals surface area contributed by atoms with E-state index in [1.54, 1.807) is 7.11 Å². The standard InChI is InChI=1S/C14H21N3O2/c1-10-8-11(16-15)5-6-13(10)14(18)17-7-3-4-12(9-17)19-2/h5-6,8,12,16H,3-4,7,9,15H2,1-2H3. The van der Waals surface area contributed by atoms with E-state index in [2.05, 4.69) is 5.43 Å². The smallest absolute Gasteiger partial charge is 0.254 e. The summed E-state index contributed by atoms with van der Waals surface area (Å²) in [6.45, 7) is 3.40. The number of methoxy groups -OCH3 is 1. The van der Waals surface area contributed by atoms with Gasteiger partial charge in [-0.3, -0.25) is 10.6 Å². The fourth-order valence-corrected chi connectivity index (χ4v) is 2.48. The third-order valence-electron chi connectivity index (χ3n) is 3.62. The monoisotopic (exact) mass is 263 g/mol. The van der Waals surface area contributed by atoms with Crippen LogP contribution in [-0.4, -0.2) is 37.1 Å². The highest BCUT2D eigenvalue weighted by molar-refractivity contribution is 5.96. The summed E-state index contributed by atoms with van der Waals surface area (Å²) in [6.07, 6.45) is 2.17. The second kappa shape index (κ2) is 6.04. The first-order valence-corrected chi connectivity index (χ1v) is 6.55. The second-order valence-corrected chi connectivity index (χ2v) is 4.93. The summed E-state index contributed by atoms with van der Waals surface area (Å²) in [5.74, 6) is 5.43. The molecule has 1 aromatic carbocycles. The Morgan fingerprint density at radius 1 is 1.53 bits per heavy atom. The lowest BCUT2D eigenvalue weighted by Gasteiger charge is -2.32. The lowest BCUT2D eigenvalue weighted by Crippen LogP contribution is -2.43. The quantitative estimate of drug-likeness (QED) is 0.641. The van der Waals surface area contributed by atoms with Crippen LogP contribution < -0.4 is 11.3 Å². The minimum absolute atomic E-state index is 0.0721. The maximum Gasteiger partial charge on any atom is 0.254 e. The average Bonchev–Trinajstić information content (AvgIpc) is 2.46. The summed E-state index contributed by atoms with van der Waals surface area (Å²) in [4.78, 5) is 14.4. The van der Waals surface area contributed by atoms with Gasteiger partial charge in [0.2, 0.25) is 0 Å². The Morgan fingerprint density at radius 2 is 2.32 bits per heavy atom. The number of anilines is 1. The highest BCUT2D eigenvalue weighted by atomic mass is 16.5. The first kappa shape index (κ1) is 13.8. The Labute approximate surface area is 113 Å². The number of amides is 1. The molecule has 0 saturated carbocycles. The topological polar surface area (TPSA) is 67.6 Å². The van der Waals surface area contributed by atoms with Crippen molar-refractivity contribution in [3.05, 3.63) is 29.3 Å². The van der Waals surface area contributed by atoms with Gasteiger partial charge in [-0.25, -0.2) is 0 Å². The van der Waals surface area contributed by atoms with Gasteiger partial charge in [-0.15, -0.1) is 0 Å². The van der Waals surface area contributed by atoms with Crippen LogP contribution in [0.25, 0.3) is 0 Å². The van der Waals surface area contributed by atoms with E-state index >= 15 is 0 Å². The number of piperidine rings is 1. The van der Waals surface area contributed by atoms with Crippen LogP contribution in [-0.2, 0) is 4.74 Å². The Morgan fingerprint density at radius 3 is 2.95 bits per heavy atom. The zero-order chi connectivity index (χ0) is 13.8. The van der Waals surface area contributed by atoms with Crippen LogP contribution in [0, 0.1) is 6.92 Å². The SMILES string of the molecule is COC1CCCN(C(=O)c2ccc(NN)cc2C)C1. The van der Waals surface area contributed by atoms with Crippen molar-refractivity contribution in [1.29, 1.82) is 0 Å². The minimum atomic E-state index is 0.0721. The number of nitrogens with one attached hydrogen (secondary N) is 1. The lowest BCUT2D eigenvalue weighted by molar-refractivity contribution is 0.0268. The van der Waals surface area contributed by atoms with Crippen molar-refractivity contribution in [2.45, 2.75) is 25.9 Å². The molecule has 0 spiro atoms. The predicted molar refractivity (Wildman–Crippen MR) is 74.9 cm³/mol. The number of rotatable bonds is 3. The molecular formula is C14H21N3O2. The molecule has 0 bridgehead atoms. The van der Waals surface area contributed by atoms with Gasteiger partial charge in [0, 0.05) is 31.5 Å². The van der Waals surface area contributed by atoms with Gasteiger partial charge >= 0.3 is 0 Å². The van der Waals surface area contributed by atoms with Crippen molar-refractivity contribution < 1.29 is 9.53 Å². The summed E-state index contributed by atoms with van der Waals surface area (Å²) in [5.41, 5.74) is 5.06. The number of likely N-dealkylation sites (tertiary alicyclic amines) is 1. The fourth-order valence-electron chi connectivity index (χ4n) is 2.48. The van der Waals surface area contributed by atoms with Crippen molar-refractivity contribution in [2.75, 3.05) is 25.6 Å². The number of carbonyl (C=O) groups excluding carboxylic acids is 1. The number of benzene rings is 1. The van der Waals surface area contributed by atoms with Gasteiger partial charge in [0.05, 0.1) is 6.10 Å². The Hall–Kier alpha value is -1.59. The third kappa shape index (κ3) is 3.05. The van der Waals surface area contributed by atoms with Crippen molar-refractivity contribution in [3.8, 4) is 0 Å². The normalized spacial score (nSPS) is 19.3. The molecule has 2 rings (SSSR count).